The first kappa shape index (κ1) is 15.5. The number of amides is 1. The topological polar surface area (TPSA) is 68.0 Å². The van der Waals surface area contributed by atoms with Crippen LogP contribution in [0.25, 0.3) is 0 Å². The lowest BCUT2D eigenvalue weighted by Crippen LogP contribution is -2.06. The Bertz CT molecular complexity index is 658. The lowest BCUT2D eigenvalue weighted by Gasteiger charge is -2.06. The zero-order chi connectivity index (χ0) is 15.4. The van der Waals surface area contributed by atoms with Gasteiger partial charge < -0.3 is 11.1 Å². The fourth-order valence-corrected chi connectivity index (χ4v) is 2.66. The van der Waals surface area contributed by atoms with Crippen molar-refractivity contribution < 1.29 is 13.6 Å². The highest BCUT2D eigenvalue weighted by atomic mass is 32.1. The average Bonchev–Trinajstić information content (AvgIpc) is 2.87. The second-order valence-electron chi connectivity index (χ2n) is 4.54. The molecule has 0 radical (unpaired) electrons. The Labute approximate surface area is 125 Å². The quantitative estimate of drug-likeness (QED) is 0.892. The molecule has 0 atom stereocenters. The van der Waals surface area contributed by atoms with Gasteiger partial charge in [0.05, 0.1) is 5.69 Å². The number of nitrogens with two attached hydrogens (primary N) is 1. The van der Waals surface area contributed by atoms with E-state index in [4.69, 9.17) is 5.73 Å². The average molecular weight is 311 g/mol. The summed E-state index contributed by atoms with van der Waals surface area (Å²) in [4.78, 5) is 15.1. The van der Waals surface area contributed by atoms with Crippen LogP contribution >= 0.6 is 11.3 Å². The Kier molecular flexibility index (Phi) is 4.98. The predicted octanol–water partition coefficient (Wildman–Crippen LogP) is 2.62. The number of thiazole rings is 1. The van der Waals surface area contributed by atoms with E-state index in [2.05, 4.69) is 10.3 Å². The molecule has 7 heteroatoms. The van der Waals surface area contributed by atoms with Crippen molar-refractivity contribution in [1.29, 1.82) is 0 Å². The smallest absolute Gasteiger partial charge is 0.223 e. The molecule has 21 heavy (non-hydrogen) atoms. The molecule has 112 valence electrons. The molecule has 1 aromatic heterocycles. The number of benzene rings is 1. The van der Waals surface area contributed by atoms with E-state index < -0.39 is 11.6 Å². The summed E-state index contributed by atoms with van der Waals surface area (Å²) in [7, 11) is 0. The third-order valence-corrected chi connectivity index (χ3v) is 3.75. The Morgan fingerprint density at radius 2 is 1.95 bits per heavy atom. The van der Waals surface area contributed by atoms with E-state index in [-0.39, 0.29) is 18.0 Å². The SMILES string of the molecule is CC(=O)Nc1nc(CCc2ccc(CN)c(F)c2F)cs1. The Morgan fingerprint density at radius 3 is 2.62 bits per heavy atom. The number of carbonyl (C=O) groups excluding carboxylic acids is 1. The standard InChI is InChI=1S/C14H15F2N3OS/c1-8(20)18-14-19-11(7-21-14)5-4-9-2-3-10(6-17)13(16)12(9)15/h2-3,7H,4-6,17H2,1H3,(H,18,19,20). The van der Waals surface area contributed by atoms with Crippen LogP contribution in [0.4, 0.5) is 13.9 Å². The van der Waals surface area contributed by atoms with E-state index in [1.165, 1.54) is 24.3 Å². The minimum Gasteiger partial charge on any atom is -0.326 e. The van der Waals surface area contributed by atoms with Gasteiger partial charge in [-0.05, 0) is 18.4 Å². The van der Waals surface area contributed by atoms with E-state index in [1.54, 1.807) is 11.4 Å². The lowest BCUT2D eigenvalue weighted by atomic mass is 10.0. The third-order valence-electron chi connectivity index (χ3n) is 2.95. The molecule has 0 aliphatic rings. The number of anilines is 1. The first-order valence-electron chi connectivity index (χ1n) is 6.39. The number of aromatic nitrogens is 1. The van der Waals surface area contributed by atoms with E-state index in [0.717, 1.165) is 5.69 Å². The minimum atomic E-state index is -0.882. The number of aryl methyl sites for hydroxylation is 2. The van der Waals surface area contributed by atoms with Gasteiger partial charge in [0.1, 0.15) is 0 Å². The van der Waals surface area contributed by atoms with Crippen LogP contribution in [0.1, 0.15) is 23.7 Å². The molecule has 0 aliphatic carbocycles. The maximum atomic E-state index is 13.8. The predicted molar refractivity (Wildman–Crippen MR) is 78.1 cm³/mol. The minimum absolute atomic E-state index is 0.0325. The van der Waals surface area contributed by atoms with Crippen molar-refractivity contribution in [2.75, 3.05) is 5.32 Å². The molecule has 1 aromatic carbocycles. The number of hydrogen-bond donors (Lipinski definition) is 2. The molecular formula is C14H15F2N3OS. The normalized spacial score (nSPS) is 10.7. The molecule has 0 bridgehead atoms. The Balaban J connectivity index is 2.04. The zero-order valence-electron chi connectivity index (χ0n) is 11.5. The largest absolute Gasteiger partial charge is 0.326 e. The number of halogens is 2. The van der Waals surface area contributed by atoms with Gasteiger partial charge in [-0.15, -0.1) is 11.3 Å². The fourth-order valence-electron chi connectivity index (χ4n) is 1.87. The van der Waals surface area contributed by atoms with Crippen LogP contribution in [0.15, 0.2) is 17.5 Å². The molecule has 1 amide bonds. The summed E-state index contributed by atoms with van der Waals surface area (Å²) in [5.41, 5.74) is 6.51. The summed E-state index contributed by atoms with van der Waals surface area (Å²) in [6.07, 6.45) is 0.797. The Hall–Kier alpha value is -1.86. The second kappa shape index (κ2) is 6.73. The molecule has 2 aromatic rings. The number of rotatable bonds is 5. The van der Waals surface area contributed by atoms with Gasteiger partial charge in [0.2, 0.25) is 5.91 Å². The molecule has 0 fully saturated rings. The van der Waals surface area contributed by atoms with Crippen LogP contribution in [0.5, 0.6) is 0 Å². The van der Waals surface area contributed by atoms with Crippen LogP contribution in [-0.2, 0) is 24.2 Å². The summed E-state index contributed by atoms with van der Waals surface area (Å²) in [5.74, 6) is -1.93. The molecule has 3 N–H and O–H groups in total. The van der Waals surface area contributed by atoms with Crippen molar-refractivity contribution >= 4 is 22.4 Å². The van der Waals surface area contributed by atoms with Gasteiger partial charge in [-0.3, -0.25) is 4.79 Å². The highest BCUT2D eigenvalue weighted by molar-refractivity contribution is 7.13. The van der Waals surface area contributed by atoms with Crippen molar-refractivity contribution in [2.45, 2.75) is 26.3 Å². The number of carbonyl (C=O) groups is 1. The zero-order valence-corrected chi connectivity index (χ0v) is 12.3. The van der Waals surface area contributed by atoms with Crippen molar-refractivity contribution in [3.8, 4) is 0 Å². The van der Waals surface area contributed by atoms with E-state index >= 15 is 0 Å². The number of nitrogens with zero attached hydrogens (tertiary/aromatic N) is 1. The molecular weight excluding hydrogens is 296 g/mol. The van der Waals surface area contributed by atoms with E-state index in [0.29, 0.717) is 23.5 Å². The summed E-state index contributed by atoms with van der Waals surface area (Å²) >= 11 is 1.30. The summed E-state index contributed by atoms with van der Waals surface area (Å²) in [5, 5.41) is 4.87. The third kappa shape index (κ3) is 3.83. The molecule has 2 rings (SSSR count). The van der Waals surface area contributed by atoms with Gasteiger partial charge in [-0.25, -0.2) is 13.8 Å². The summed E-state index contributed by atoms with van der Waals surface area (Å²) in [6, 6.07) is 3.04. The first-order chi connectivity index (χ1) is 10.0. The maximum Gasteiger partial charge on any atom is 0.223 e. The van der Waals surface area contributed by atoms with Crippen LogP contribution < -0.4 is 11.1 Å². The van der Waals surface area contributed by atoms with Gasteiger partial charge in [0.25, 0.3) is 0 Å². The molecule has 1 heterocycles. The maximum absolute atomic E-state index is 13.8. The number of hydrogen-bond acceptors (Lipinski definition) is 4. The van der Waals surface area contributed by atoms with Gasteiger partial charge in [0, 0.05) is 24.4 Å². The molecule has 4 nitrogen and oxygen atoms in total. The molecule has 0 aliphatic heterocycles. The van der Waals surface area contributed by atoms with Crippen molar-refractivity contribution in [3.63, 3.8) is 0 Å². The van der Waals surface area contributed by atoms with Gasteiger partial charge in [0.15, 0.2) is 16.8 Å². The molecule has 0 unspecified atom stereocenters. The van der Waals surface area contributed by atoms with Crippen LogP contribution in [0, 0.1) is 11.6 Å². The second-order valence-corrected chi connectivity index (χ2v) is 5.40. The summed E-state index contributed by atoms with van der Waals surface area (Å²) < 4.78 is 27.4. The van der Waals surface area contributed by atoms with Crippen LogP contribution in [0.3, 0.4) is 0 Å². The summed E-state index contributed by atoms with van der Waals surface area (Å²) in [6.45, 7) is 1.37. The van der Waals surface area contributed by atoms with Crippen LogP contribution in [0.2, 0.25) is 0 Å². The molecule has 0 spiro atoms. The number of nitrogens with one attached hydrogen (secondary N) is 1. The van der Waals surface area contributed by atoms with Crippen molar-refractivity contribution in [2.24, 2.45) is 5.73 Å². The van der Waals surface area contributed by atoms with E-state index in [9.17, 15) is 13.6 Å². The Morgan fingerprint density at radius 1 is 1.29 bits per heavy atom. The fraction of sp³-hybridized carbons (Fsp3) is 0.286. The monoisotopic (exact) mass is 311 g/mol. The highest BCUT2D eigenvalue weighted by Crippen LogP contribution is 2.20. The van der Waals surface area contributed by atoms with Gasteiger partial charge in [-0.2, -0.15) is 0 Å². The van der Waals surface area contributed by atoms with Crippen LogP contribution in [-0.4, -0.2) is 10.9 Å². The first-order valence-corrected chi connectivity index (χ1v) is 7.27. The van der Waals surface area contributed by atoms with Crippen molar-refractivity contribution in [3.05, 3.63) is 46.0 Å². The van der Waals surface area contributed by atoms with Gasteiger partial charge >= 0.3 is 0 Å². The highest BCUT2D eigenvalue weighted by Gasteiger charge is 2.13. The molecule has 0 saturated heterocycles. The lowest BCUT2D eigenvalue weighted by molar-refractivity contribution is -0.114. The van der Waals surface area contributed by atoms with Crippen molar-refractivity contribution in [1.82, 2.24) is 4.98 Å². The van der Waals surface area contributed by atoms with Gasteiger partial charge in [-0.1, -0.05) is 12.1 Å². The molecule has 0 saturated carbocycles. The van der Waals surface area contributed by atoms with E-state index in [1.807, 2.05) is 0 Å².